The van der Waals surface area contributed by atoms with E-state index in [1.54, 1.807) is 0 Å². The van der Waals surface area contributed by atoms with Crippen LogP contribution < -0.4 is 5.73 Å². The van der Waals surface area contributed by atoms with Gasteiger partial charge in [-0.1, -0.05) is 26.2 Å². The second-order valence-electron chi connectivity index (χ2n) is 7.43. The number of anilines is 1. The third-order valence-electron chi connectivity index (χ3n) is 5.38. The fourth-order valence-corrected chi connectivity index (χ4v) is 3.83. The van der Waals surface area contributed by atoms with Crippen LogP contribution in [0.3, 0.4) is 0 Å². The molecule has 0 saturated carbocycles. The van der Waals surface area contributed by atoms with Crippen LogP contribution in [0.2, 0.25) is 0 Å². The number of nitrogen functional groups attached to an aromatic ring is 1. The number of unbranched alkanes of at least 4 members (excludes halogenated alkanes) is 3. The van der Waals surface area contributed by atoms with Gasteiger partial charge in [0, 0.05) is 12.0 Å². The van der Waals surface area contributed by atoms with E-state index in [9.17, 15) is 0 Å². The molecule has 0 unspecified atom stereocenters. The van der Waals surface area contributed by atoms with Crippen molar-refractivity contribution < 1.29 is 0 Å². The van der Waals surface area contributed by atoms with Crippen molar-refractivity contribution in [2.75, 3.05) is 25.4 Å². The minimum Gasteiger partial charge on any atom is -0.383 e. The van der Waals surface area contributed by atoms with Gasteiger partial charge >= 0.3 is 0 Å². The van der Waals surface area contributed by atoms with Crippen LogP contribution >= 0.6 is 0 Å². The van der Waals surface area contributed by atoms with Crippen molar-refractivity contribution in [1.82, 2.24) is 14.9 Å². The molecule has 0 aliphatic carbocycles. The van der Waals surface area contributed by atoms with Crippen LogP contribution in [0.15, 0.2) is 4.99 Å². The number of rotatable bonds is 9. The van der Waals surface area contributed by atoms with E-state index in [4.69, 9.17) is 15.7 Å². The third-order valence-corrected chi connectivity index (χ3v) is 5.38. The predicted octanol–water partition coefficient (Wildman–Crippen LogP) is 3.75. The van der Waals surface area contributed by atoms with Gasteiger partial charge < -0.3 is 10.6 Å². The first-order valence-corrected chi connectivity index (χ1v) is 10.2. The van der Waals surface area contributed by atoms with Gasteiger partial charge in [-0.05, 0) is 58.2 Å². The van der Waals surface area contributed by atoms with Gasteiger partial charge in [-0.3, -0.25) is 4.99 Å². The maximum absolute atomic E-state index is 6.14. The smallest absolute Gasteiger partial charge is 0.132 e. The quantitative estimate of drug-likeness (QED) is 0.693. The Morgan fingerprint density at radius 2 is 1.80 bits per heavy atom. The normalized spacial score (nSPS) is 17.6. The largest absolute Gasteiger partial charge is 0.383 e. The summed E-state index contributed by atoms with van der Waals surface area (Å²) in [7, 11) is 0. The predicted molar refractivity (Wildman–Crippen MR) is 104 cm³/mol. The first kappa shape index (κ1) is 18.3. The van der Waals surface area contributed by atoms with Gasteiger partial charge in [0.05, 0.1) is 18.0 Å². The summed E-state index contributed by atoms with van der Waals surface area (Å²) < 4.78 is 0. The molecular weight excluding hydrogens is 310 g/mol. The summed E-state index contributed by atoms with van der Waals surface area (Å²) in [6, 6.07) is 0. The van der Waals surface area contributed by atoms with Crippen LogP contribution in [-0.2, 0) is 13.0 Å². The van der Waals surface area contributed by atoms with Crippen LogP contribution in [0.25, 0.3) is 0 Å². The van der Waals surface area contributed by atoms with E-state index in [-0.39, 0.29) is 0 Å². The molecule has 1 fully saturated rings. The average molecular weight is 344 g/mol. The van der Waals surface area contributed by atoms with E-state index in [2.05, 4.69) is 16.8 Å². The first-order chi connectivity index (χ1) is 12.3. The molecule has 2 aliphatic rings. The molecule has 1 aromatic rings. The Hall–Kier alpha value is -1.49. The second-order valence-corrected chi connectivity index (χ2v) is 7.43. The molecule has 0 spiro atoms. The van der Waals surface area contributed by atoms with Crippen LogP contribution in [0.1, 0.15) is 81.8 Å². The molecule has 0 bridgehead atoms. The number of aryl methyl sites for hydroxylation is 1. The lowest BCUT2D eigenvalue weighted by Crippen LogP contribution is -2.30. The van der Waals surface area contributed by atoms with Crippen LogP contribution in [0.5, 0.6) is 0 Å². The lowest BCUT2D eigenvalue weighted by Gasteiger charge is -2.26. The minimum absolute atomic E-state index is 0.639. The SMILES string of the molecule is CCCCc1nc(N)c2c(n1)C(CCCCCN1CCCCC1)=NC2. The molecule has 5 nitrogen and oxygen atoms in total. The molecule has 1 aromatic heterocycles. The van der Waals surface area contributed by atoms with Crippen LogP contribution in [0, 0.1) is 0 Å². The molecule has 138 valence electrons. The fraction of sp³-hybridized carbons (Fsp3) is 0.750. The number of hydrogen-bond donors (Lipinski definition) is 1. The number of nitrogens with zero attached hydrogens (tertiary/aromatic N) is 4. The molecule has 0 atom stereocenters. The number of likely N-dealkylation sites (tertiary alicyclic amines) is 1. The highest BCUT2D eigenvalue weighted by Crippen LogP contribution is 2.24. The first-order valence-electron chi connectivity index (χ1n) is 10.2. The van der Waals surface area contributed by atoms with Gasteiger partial charge in [-0.2, -0.15) is 0 Å². The lowest BCUT2D eigenvalue weighted by atomic mass is 10.1. The number of nitrogens with two attached hydrogens (primary N) is 1. The Morgan fingerprint density at radius 3 is 2.60 bits per heavy atom. The lowest BCUT2D eigenvalue weighted by molar-refractivity contribution is 0.224. The van der Waals surface area contributed by atoms with Crippen molar-refractivity contribution in [3.63, 3.8) is 0 Å². The van der Waals surface area contributed by atoms with E-state index in [0.29, 0.717) is 12.4 Å². The second kappa shape index (κ2) is 9.27. The molecule has 3 rings (SSSR count). The van der Waals surface area contributed by atoms with E-state index >= 15 is 0 Å². The molecular formula is C20H33N5. The highest BCUT2D eigenvalue weighted by molar-refractivity contribution is 6.02. The molecule has 5 heteroatoms. The average Bonchev–Trinajstić information content (AvgIpc) is 3.04. The number of fused-ring (bicyclic) bond motifs is 1. The van der Waals surface area contributed by atoms with Crippen molar-refractivity contribution in [3.8, 4) is 0 Å². The summed E-state index contributed by atoms with van der Waals surface area (Å²) in [6.07, 6.45) is 12.2. The highest BCUT2D eigenvalue weighted by atomic mass is 15.1. The summed E-state index contributed by atoms with van der Waals surface area (Å²) in [4.78, 5) is 16.6. The van der Waals surface area contributed by atoms with Gasteiger partial charge in [-0.15, -0.1) is 0 Å². The standard InChI is InChI=1S/C20H33N5/c1-2-3-11-18-23-19-16(20(21)24-18)15-22-17(19)10-6-4-7-12-25-13-8-5-9-14-25/h2-15H2,1H3,(H2,21,23,24). The van der Waals surface area contributed by atoms with Crippen molar-refractivity contribution in [2.45, 2.75) is 77.7 Å². The molecule has 2 N–H and O–H groups in total. The zero-order valence-electron chi connectivity index (χ0n) is 15.8. The molecule has 25 heavy (non-hydrogen) atoms. The maximum atomic E-state index is 6.14. The van der Waals surface area contributed by atoms with E-state index < -0.39 is 0 Å². The van der Waals surface area contributed by atoms with Gasteiger partial charge in [0.2, 0.25) is 0 Å². The number of aliphatic imine (C=N–C) groups is 1. The van der Waals surface area contributed by atoms with Crippen molar-refractivity contribution in [1.29, 1.82) is 0 Å². The van der Waals surface area contributed by atoms with Gasteiger partial charge in [0.15, 0.2) is 0 Å². The molecule has 1 saturated heterocycles. The zero-order chi connectivity index (χ0) is 17.5. The summed E-state index contributed by atoms with van der Waals surface area (Å²) in [5, 5.41) is 0. The summed E-state index contributed by atoms with van der Waals surface area (Å²) in [5.74, 6) is 1.53. The summed E-state index contributed by atoms with van der Waals surface area (Å²) in [5.41, 5.74) is 9.37. The van der Waals surface area contributed by atoms with E-state index in [1.165, 1.54) is 58.2 Å². The Morgan fingerprint density at radius 1 is 0.960 bits per heavy atom. The Labute approximate surface area is 152 Å². The Bertz CT molecular complexity index is 590. The maximum Gasteiger partial charge on any atom is 0.132 e. The van der Waals surface area contributed by atoms with Gasteiger partial charge in [0.1, 0.15) is 11.6 Å². The Balaban J connectivity index is 1.46. The summed E-state index contributed by atoms with van der Waals surface area (Å²) >= 11 is 0. The zero-order valence-corrected chi connectivity index (χ0v) is 15.8. The van der Waals surface area contributed by atoms with Gasteiger partial charge in [0.25, 0.3) is 0 Å². The highest BCUT2D eigenvalue weighted by Gasteiger charge is 2.21. The fourth-order valence-electron chi connectivity index (χ4n) is 3.83. The van der Waals surface area contributed by atoms with E-state index in [1.807, 2.05) is 0 Å². The van der Waals surface area contributed by atoms with Crippen molar-refractivity contribution in [3.05, 3.63) is 17.1 Å². The third kappa shape index (κ3) is 5.00. The van der Waals surface area contributed by atoms with Gasteiger partial charge in [-0.25, -0.2) is 9.97 Å². The topological polar surface area (TPSA) is 67.4 Å². The minimum atomic E-state index is 0.639. The molecule has 3 heterocycles. The van der Waals surface area contributed by atoms with Crippen LogP contribution in [0.4, 0.5) is 5.82 Å². The van der Waals surface area contributed by atoms with E-state index in [0.717, 1.165) is 48.5 Å². The van der Waals surface area contributed by atoms with Crippen molar-refractivity contribution >= 4 is 11.5 Å². The molecule has 0 aromatic carbocycles. The molecule has 0 radical (unpaired) electrons. The monoisotopic (exact) mass is 343 g/mol. The molecule has 2 aliphatic heterocycles. The van der Waals surface area contributed by atoms with Crippen molar-refractivity contribution in [2.24, 2.45) is 4.99 Å². The molecule has 0 amide bonds. The number of hydrogen-bond acceptors (Lipinski definition) is 5. The summed E-state index contributed by atoms with van der Waals surface area (Å²) in [6.45, 7) is 6.72. The number of piperidine rings is 1. The number of aromatic nitrogens is 2. The van der Waals surface area contributed by atoms with Crippen LogP contribution in [-0.4, -0.2) is 40.2 Å². The Kier molecular flexibility index (Phi) is 6.79.